The Kier molecular flexibility index (Phi) is 5.19. The minimum atomic E-state index is 1.01. The Morgan fingerprint density at radius 3 is 2.63 bits per heavy atom. The molecule has 0 atom stereocenters. The number of likely N-dealkylation sites (N-methyl/N-ethyl adjacent to an activating group) is 1. The van der Waals surface area contributed by atoms with Crippen LogP contribution in [0.25, 0.3) is 33.1 Å². The van der Waals surface area contributed by atoms with Crippen LogP contribution in [-0.2, 0) is 6.42 Å². The molecule has 5 rings (SSSR count). The first kappa shape index (κ1) is 19.2. The zero-order valence-electron chi connectivity index (χ0n) is 17.8. The number of pyridine rings is 2. The molecule has 152 valence electrons. The van der Waals surface area contributed by atoms with Crippen molar-refractivity contribution < 1.29 is 0 Å². The summed E-state index contributed by atoms with van der Waals surface area (Å²) in [4.78, 5) is 14.4. The van der Waals surface area contributed by atoms with Crippen molar-refractivity contribution in [3.63, 3.8) is 0 Å². The Morgan fingerprint density at radius 1 is 0.900 bits per heavy atom. The van der Waals surface area contributed by atoms with E-state index in [0.717, 1.165) is 40.6 Å². The van der Waals surface area contributed by atoms with Gasteiger partial charge in [-0.15, -0.1) is 0 Å². The molecule has 2 aromatic carbocycles. The fraction of sp³-hybridized carbons (Fsp3) is 0.308. The first-order valence-corrected chi connectivity index (χ1v) is 10.8. The summed E-state index contributed by atoms with van der Waals surface area (Å²) in [6.45, 7) is 8.02. The molecule has 30 heavy (non-hydrogen) atoms. The SMILES string of the molecule is Cc1cc(-c2ccc3cccnc3c2)nc2ccc(CCN3CCN(C)CC3)cc12. The molecule has 1 aliphatic rings. The van der Waals surface area contributed by atoms with Gasteiger partial charge in [-0.3, -0.25) is 4.98 Å². The van der Waals surface area contributed by atoms with Gasteiger partial charge in [-0.05, 0) is 61.9 Å². The summed E-state index contributed by atoms with van der Waals surface area (Å²) in [7, 11) is 2.21. The normalized spacial score (nSPS) is 15.8. The standard InChI is InChI=1S/C26H28N4/c1-19-16-26(22-7-6-21-4-3-10-27-25(21)18-22)28-24-8-5-20(17-23(19)24)9-11-30-14-12-29(2)13-15-30/h3-8,10,16-18H,9,11-15H2,1-2H3. The molecular formula is C26H28N4. The van der Waals surface area contributed by atoms with Crippen LogP contribution in [0.15, 0.2) is 60.8 Å². The van der Waals surface area contributed by atoms with Gasteiger partial charge in [-0.25, -0.2) is 4.98 Å². The summed E-state index contributed by atoms with van der Waals surface area (Å²) < 4.78 is 0. The van der Waals surface area contributed by atoms with Crippen molar-refractivity contribution in [3.8, 4) is 11.3 Å². The molecule has 4 heteroatoms. The summed E-state index contributed by atoms with van der Waals surface area (Å²) in [6.07, 6.45) is 2.94. The number of nitrogens with zero attached hydrogens (tertiary/aromatic N) is 4. The lowest BCUT2D eigenvalue weighted by Gasteiger charge is -2.32. The van der Waals surface area contributed by atoms with Crippen LogP contribution in [0, 0.1) is 6.92 Å². The van der Waals surface area contributed by atoms with Crippen LogP contribution in [0.1, 0.15) is 11.1 Å². The molecular weight excluding hydrogens is 368 g/mol. The van der Waals surface area contributed by atoms with Crippen molar-refractivity contribution in [2.24, 2.45) is 0 Å². The second kappa shape index (κ2) is 8.13. The third-order valence-electron chi connectivity index (χ3n) is 6.29. The van der Waals surface area contributed by atoms with Gasteiger partial charge in [-0.2, -0.15) is 0 Å². The zero-order valence-corrected chi connectivity index (χ0v) is 17.8. The summed E-state index contributed by atoms with van der Waals surface area (Å²) in [5.41, 5.74) is 6.87. The first-order valence-electron chi connectivity index (χ1n) is 10.8. The molecule has 2 aromatic heterocycles. The molecule has 4 aromatic rings. The second-order valence-corrected chi connectivity index (χ2v) is 8.48. The minimum absolute atomic E-state index is 1.01. The van der Waals surface area contributed by atoms with Crippen LogP contribution in [0.2, 0.25) is 0 Å². The molecule has 1 fully saturated rings. The van der Waals surface area contributed by atoms with Gasteiger partial charge in [0, 0.05) is 55.3 Å². The predicted molar refractivity (Wildman–Crippen MR) is 125 cm³/mol. The molecule has 0 aliphatic carbocycles. The number of rotatable bonds is 4. The van der Waals surface area contributed by atoms with E-state index in [-0.39, 0.29) is 0 Å². The highest BCUT2D eigenvalue weighted by molar-refractivity contribution is 5.88. The summed E-state index contributed by atoms with van der Waals surface area (Å²) in [6, 6.07) is 19.4. The van der Waals surface area contributed by atoms with Gasteiger partial charge >= 0.3 is 0 Å². The minimum Gasteiger partial charge on any atom is -0.304 e. The Morgan fingerprint density at radius 2 is 1.77 bits per heavy atom. The van der Waals surface area contributed by atoms with Gasteiger partial charge in [0.25, 0.3) is 0 Å². The van der Waals surface area contributed by atoms with Gasteiger partial charge < -0.3 is 9.80 Å². The Hall–Kier alpha value is -2.82. The molecule has 0 N–H and O–H groups in total. The van der Waals surface area contributed by atoms with Gasteiger partial charge in [0.2, 0.25) is 0 Å². The summed E-state index contributed by atoms with van der Waals surface area (Å²) in [5, 5.41) is 2.41. The van der Waals surface area contributed by atoms with Crippen LogP contribution in [0.5, 0.6) is 0 Å². The van der Waals surface area contributed by atoms with Gasteiger partial charge in [0.05, 0.1) is 16.7 Å². The molecule has 0 amide bonds. The van der Waals surface area contributed by atoms with Crippen molar-refractivity contribution in [3.05, 3.63) is 71.9 Å². The van der Waals surface area contributed by atoms with Gasteiger partial charge in [0.15, 0.2) is 0 Å². The number of hydrogen-bond acceptors (Lipinski definition) is 4. The molecule has 1 saturated heterocycles. The third-order valence-corrected chi connectivity index (χ3v) is 6.29. The van der Waals surface area contributed by atoms with Crippen molar-refractivity contribution in [2.45, 2.75) is 13.3 Å². The lowest BCUT2D eigenvalue weighted by atomic mass is 10.0. The molecule has 0 bridgehead atoms. The number of benzene rings is 2. The fourth-order valence-electron chi connectivity index (χ4n) is 4.33. The van der Waals surface area contributed by atoms with Gasteiger partial charge in [-0.1, -0.05) is 24.3 Å². The van der Waals surface area contributed by atoms with Crippen molar-refractivity contribution in [1.29, 1.82) is 0 Å². The number of piperazine rings is 1. The molecule has 0 radical (unpaired) electrons. The molecule has 1 aliphatic heterocycles. The monoisotopic (exact) mass is 396 g/mol. The zero-order chi connectivity index (χ0) is 20.5. The quantitative estimate of drug-likeness (QED) is 0.507. The second-order valence-electron chi connectivity index (χ2n) is 8.48. The topological polar surface area (TPSA) is 32.3 Å². The van der Waals surface area contributed by atoms with E-state index in [2.05, 4.69) is 77.3 Å². The van der Waals surface area contributed by atoms with E-state index in [9.17, 15) is 0 Å². The van der Waals surface area contributed by atoms with Gasteiger partial charge in [0.1, 0.15) is 0 Å². The van der Waals surface area contributed by atoms with E-state index in [1.54, 1.807) is 0 Å². The van der Waals surface area contributed by atoms with E-state index in [1.807, 2.05) is 12.3 Å². The Labute approximate surface area is 178 Å². The average molecular weight is 397 g/mol. The van der Waals surface area contributed by atoms with Crippen molar-refractivity contribution >= 4 is 21.8 Å². The predicted octanol–water partition coefficient (Wildman–Crippen LogP) is 4.55. The van der Waals surface area contributed by atoms with E-state index in [1.165, 1.54) is 42.7 Å². The van der Waals surface area contributed by atoms with Crippen molar-refractivity contribution in [2.75, 3.05) is 39.8 Å². The lowest BCUT2D eigenvalue weighted by molar-refractivity contribution is 0.155. The van der Waals surface area contributed by atoms with Crippen LogP contribution in [0.3, 0.4) is 0 Å². The Bertz CT molecular complexity index is 1190. The number of fused-ring (bicyclic) bond motifs is 2. The number of hydrogen-bond donors (Lipinski definition) is 0. The maximum atomic E-state index is 4.97. The van der Waals surface area contributed by atoms with Crippen LogP contribution >= 0.6 is 0 Å². The van der Waals surface area contributed by atoms with Crippen LogP contribution in [0.4, 0.5) is 0 Å². The Balaban J connectivity index is 1.39. The van der Waals surface area contributed by atoms with Crippen LogP contribution in [-0.4, -0.2) is 59.5 Å². The number of aromatic nitrogens is 2. The largest absolute Gasteiger partial charge is 0.304 e. The van der Waals surface area contributed by atoms with E-state index >= 15 is 0 Å². The highest BCUT2D eigenvalue weighted by Gasteiger charge is 2.13. The fourth-order valence-corrected chi connectivity index (χ4v) is 4.33. The molecule has 0 saturated carbocycles. The molecule has 0 unspecified atom stereocenters. The van der Waals surface area contributed by atoms with E-state index in [4.69, 9.17) is 4.98 Å². The molecule has 4 nitrogen and oxygen atoms in total. The smallest absolute Gasteiger partial charge is 0.0713 e. The maximum absolute atomic E-state index is 4.97. The summed E-state index contributed by atoms with van der Waals surface area (Å²) >= 11 is 0. The van der Waals surface area contributed by atoms with E-state index < -0.39 is 0 Å². The third kappa shape index (κ3) is 3.93. The number of aryl methyl sites for hydroxylation is 1. The van der Waals surface area contributed by atoms with Crippen LogP contribution < -0.4 is 0 Å². The molecule has 0 spiro atoms. The average Bonchev–Trinajstić information content (AvgIpc) is 2.78. The summed E-state index contributed by atoms with van der Waals surface area (Å²) in [5.74, 6) is 0. The highest BCUT2D eigenvalue weighted by atomic mass is 15.2. The molecule has 3 heterocycles. The first-order chi connectivity index (χ1) is 14.7. The van der Waals surface area contributed by atoms with Crippen molar-refractivity contribution in [1.82, 2.24) is 19.8 Å². The van der Waals surface area contributed by atoms with E-state index in [0.29, 0.717) is 0 Å². The lowest BCUT2D eigenvalue weighted by Crippen LogP contribution is -2.45. The highest BCUT2D eigenvalue weighted by Crippen LogP contribution is 2.27. The maximum Gasteiger partial charge on any atom is 0.0713 e.